The number of hydrogen-bond acceptors (Lipinski definition) is 3. The highest BCUT2D eigenvalue weighted by molar-refractivity contribution is 5.85. The van der Waals surface area contributed by atoms with Gasteiger partial charge in [-0.15, -0.1) is 0 Å². The molecule has 4 rings (SSSR count). The van der Waals surface area contributed by atoms with Crippen LogP contribution in [-0.2, 0) is 9.53 Å². The minimum Gasteiger partial charge on any atom is -0.481 e. The van der Waals surface area contributed by atoms with Crippen molar-refractivity contribution >= 4 is 5.97 Å². The van der Waals surface area contributed by atoms with Gasteiger partial charge in [0.25, 0.3) is 0 Å². The topological polar surface area (TPSA) is 70.3 Å². The Hall–Kier alpha value is -1.34. The maximum absolute atomic E-state index is 13.1. The first-order valence-electron chi connectivity index (χ1n) is 10.8. The van der Waals surface area contributed by atoms with E-state index in [2.05, 4.69) is 39.8 Å². The third-order valence-electron chi connectivity index (χ3n) is 8.75. The molecule has 1 N–H and O–H groups in total. The smallest absolute Gasteiger partial charge is 0.316 e. The SMILES string of the molecule is CCCOC[C@]12CC3C(C)CCC3[C@@]3(C#N)CC1C=C(C(C)C)C23C(=O)O. The molecule has 148 valence electrons. The molecule has 4 aliphatic rings. The first kappa shape index (κ1) is 19.0. The van der Waals surface area contributed by atoms with Gasteiger partial charge in [-0.25, -0.2) is 0 Å². The Kier molecular flexibility index (Phi) is 4.28. The number of hydrogen-bond donors (Lipinski definition) is 1. The number of carbonyl (C=O) groups is 1. The van der Waals surface area contributed by atoms with Gasteiger partial charge in [0.15, 0.2) is 0 Å². The largest absolute Gasteiger partial charge is 0.481 e. The summed E-state index contributed by atoms with van der Waals surface area (Å²) in [5, 5.41) is 21.3. The lowest BCUT2D eigenvalue weighted by Gasteiger charge is -2.57. The molecular formula is C23H33NO3. The number of nitriles is 1. The molecule has 0 aromatic heterocycles. The Balaban J connectivity index is 1.94. The zero-order chi connectivity index (χ0) is 19.6. The Labute approximate surface area is 163 Å². The molecule has 0 amide bonds. The molecule has 3 fully saturated rings. The number of nitrogens with zero attached hydrogens (tertiary/aromatic N) is 1. The van der Waals surface area contributed by atoms with Gasteiger partial charge >= 0.3 is 5.97 Å². The van der Waals surface area contributed by atoms with Gasteiger partial charge in [-0.2, -0.15) is 5.26 Å². The molecule has 3 saturated carbocycles. The Morgan fingerprint density at radius 2 is 2.15 bits per heavy atom. The molecule has 7 atom stereocenters. The molecule has 0 aromatic carbocycles. The van der Waals surface area contributed by atoms with Crippen LogP contribution >= 0.6 is 0 Å². The van der Waals surface area contributed by atoms with E-state index in [0.29, 0.717) is 31.5 Å². The van der Waals surface area contributed by atoms with Gasteiger partial charge in [-0.1, -0.05) is 45.8 Å². The monoisotopic (exact) mass is 371 g/mol. The van der Waals surface area contributed by atoms with E-state index < -0.39 is 22.2 Å². The standard InChI is InChI=1S/C23H33NO3/c1-5-8-27-13-22-11-17-15(4)6-7-18(17)21(12-24)10-16(22)9-19(14(2)3)23(21,22)20(25)26/h9,14-18H,5-8,10-11,13H2,1-4H3,(H,25,26)/t15?,16?,17?,18?,21-,22+,23?/m0/s1. The molecule has 4 bridgehead atoms. The molecule has 4 aliphatic carbocycles. The van der Waals surface area contributed by atoms with Crippen LogP contribution in [0.5, 0.6) is 0 Å². The number of carboxylic acid groups (broad SMARTS) is 1. The van der Waals surface area contributed by atoms with Crippen LogP contribution in [0.4, 0.5) is 0 Å². The number of ether oxygens (including phenoxy) is 1. The Bertz CT molecular complexity index is 722. The van der Waals surface area contributed by atoms with Gasteiger partial charge in [0.1, 0.15) is 5.41 Å². The van der Waals surface area contributed by atoms with E-state index in [0.717, 1.165) is 31.3 Å². The quantitative estimate of drug-likeness (QED) is 0.544. The average molecular weight is 372 g/mol. The molecule has 0 spiro atoms. The molecule has 5 unspecified atom stereocenters. The van der Waals surface area contributed by atoms with Crippen LogP contribution in [0, 0.1) is 57.2 Å². The lowest BCUT2D eigenvalue weighted by molar-refractivity contribution is -0.179. The van der Waals surface area contributed by atoms with E-state index in [1.54, 1.807) is 0 Å². The fourth-order valence-corrected chi connectivity index (χ4v) is 7.94. The number of fused-ring (bicyclic) bond motifs is 2. The van der Waals surface area contributed by atoms with Gasteiger partial charge in [0.2, 0.25) is 0 Å². The molecule has 0 heterocycles. The van der Waals surface area contributed by atoms with E-state index in [9.17, 15) is 15.2 Å². The summed E-state index contributed by atoms with van der Waals surface area (Å²) in [4.78, 5) is 13.1. The van der Waals surface area contributed by atoms with Crippen molar-refractivity contribution in [3.63, 3.8) is 0 Å². The molecule has 4 nitrogen and oxygen atoms in total. The molecule has 0 aliphatic heterocycles. The first-order valence-corrected chi connectivity index (χ1v) is 10.8. The molecule has 0 saturated heterocycles. The maximum atomic E-state index is 13.1. The van der Waals surface area contributed by atoms with Crippen molar-refractivity contribution in [2.24, 2.45) is 45.8 Å². The van der Waals surface area contributed by atoms with E-state index >= 15 is 0 Å². The summed E-state index contributed by atoms with van der Waals surface area (Å²) in [7, 11) is 0. The van der Waals surface area contributed by atoms with E-state index in [1.807, 2.05) is 0 Å². The second kappa shape index (κ2) is 6.08. The van der Waals surface area contributed by atoms with Gasteiger partial charge in [-0.05, 0) is 55.3 Å². The van der Waals surface area contributed by atoms with Gasteiger partial charge in [0, 0.05) is 12.0 Å². The fraction of sp³-hybridized carbons (Fsp3) is 0.826. The number of carboxylic acids is 1. The summed E-state index contributed by atoms with van der Waals surface area (Å²) >= 11 is 0. The average Bonchev–Trinajstić information content (AvgIpc) is 3.19. The first-order chi connectivity index (χ1) is 12.8. The molecule has 4 heteroatoms. The molecule has 0 aromatic rings. The maximum Gasteiger partial charge on any atom is 0.316 e. The lowest BCUT2D eigenvalue weighted by atomic mass is 9.43. The van der Waals surface area contributed by atoms with Crippen molar-refractivity contribution in [1.82, 2.24) is 0 Å². The minimum absolute atomic E-state index is 0.139. The van der Waals surface area contributed by atoms with Crippen LogP contribution in [0.2, 0.25) is 0 Å². The fourth-order valence-electron chi connectivity index (χ4n) is 7.94. The Morgan fingerprint density at radius 1 is 1.41 bits per heavy atom. The highest BCUT2D eigenvalue weighted by atomic mass is 16.5. The van der Waals surface area contributed by atoms with E-state index in [1.165, 1.54) is 0 Å². The molecule has 0 radical (unpaired) electrons. The molecule has 27 heavy (non-hydrogen) atoms. The summed E-state index contributed by atoms with van der Waals surface area (Å²) < 4.78 is 6.09. The van der Waals surface area contributed by atoms with Crippen LogP contribution in [-0.4, -0.2) is 24.3 Å². The lowest BCUT2D eigenvalue weighted by Crippen LogP contribution is -2.62. The summed E-state index contributed by atoms with van der Waals surface area (Å²) in [5.74, 6) is 0.745. The van der Waals surface area contributed by atoms with Crippen LogP contribution in [0.25, 0.3) is 0 Å². The van der Waals surface area contributed by atoms with Crippen molar-refractivity contribution in [3.8, 4) is 6.07 Å². The van der Waals surface area contributed by atoms with Crippen LogP contribution in [0.3, 0.4) is 0 Å². The van der Waals surface area contributed by atoms with Crippen molar-refractivity contribution in [2.45, 2.75) is 59.8 Å². The molecular weight excluding hydrogens is 338 g/mol. The normalized spacial score (nSPS) is 47.0. The van der Waals surface area contributed by atoms with E-state index in [4.69, 9.17) is 4.74 Å². The van der Waals surface area contributed by atoms with Crippen molar-refractivity contribution in [3.05, 3.63) is 11.6 Å². The van der Waals surface area contributed by atoms with Gasteiger partial charge in [0.05, 0.1) is 18.1 Å². The highest BCUT2D eigenvalue weighted by Gasteiger charge is 2.84. The second-order valence-corrected chi connectivity index (χ2v) is 9.96. The summed E-state index contributed by atoms with van der Waals surface area (Å²) in [5.41, 5.74) is -1.30. The van der Waals surface area contributed by atoms with E-state index in [-0.39, 0.29) is 17.8 Å². The minimum atomic E-state index is -1.08. The van der Waals surface area contributed by atoms with Gasteiger partial charge < -0.3 is 9.84 Å². The zero-order valence-corrected chi connectivity index (χ0v) is 17.1. The number of allylic oxidation sites excluding steroid dienone is 1. The summed E-state index contributed by atoms with van der Waals surface area (Å²) in [6.07, 6.45) is 6.89. The number of rotatable bonds is 6. The number of aliphatic carboxylic acids is 1. The zero-order valence-electron chi connectivity index (χ0n) is 17.1. The second-order valence-electron chi connectivity index (χ2n) is 9.96. The summed E-state index contributed by atoms with van der Waals surface area (Å²) in [6, 6.07) is 2.68. The van der Waals surface area contributed by atoms with Crippen molar-refractivity contribution in [1.29, 1.82) is 5.26 Å². The van der Waals surface area contributed by atoms with Crippen LogP contribution in [0.15, 0.2) is 11.6 Å². The van der Waals surface area contributed by atoms with Crippen molar-refractivity contribution < 1.29 is 14.6 Å². The third-order valence-corrected chi connectivity index (χ3v) is 8.75. The summed E-state index contributed by atoms with van der Waals surface area (Å²) in [6.45, 7) is 9.70. The predicted octanol–water partition coefficient (Wildman–Crippen LogP) is 4.66. The van der Waals surface area contributed by atoms with Gasteiger partial charge in [-0.3, -0.25) is 4.79 Å². The highest BCUT2D eigenvalue weighted by Crippen LogP contribution is 2.83. The third kappa shape index (κ3) is 1.95. The van der Waals surface area contributed by atoms with Crippen LogP contribution < -0.4 is 0 Å². The van der Waals surface area contributed by atoms with Crippen LogP contribution in [0.1, 0.15) is 59.8 Å². The Morgan fingerprint density at radius 3 is 2.74 bits per heavy atom. The van der Waals surface area contributed by atoms with Crippen molar-refractivity contribution in [2.75, 3.05) is 13.2 Å². The predicted molar refractivity (Wildman–Crippen MR) is 103 cm³/mol.